The molecule has 176 valence electrons. The van der Waals surface area contributed by atoms with Crippen LogP contribution < -0.4 is 9.64 Å². The summed E-state index contributed by atoms with van der Waals surface area (Å²) >= 11 is 5.95. The number of halogens is 1. The van der Waals surface area contributed by atoms with Crippen LogP contribution in [0.5, 0.6) is 5.75 Å². The second-order valence-electron chi connectivity index (χ2n) is 8.60. The normalized spacial score (nSPS) is 14.6. The molecule has 8 heteroatoms. The van der Waals surface area contributed by atoms with E-state index in [2.05, 4.69) is 15.9 Å². The Hall–Kier alpha value is -3.68. The minimum Gasteiger partial charge on any atom is -0.492 e. The number of rotatable bonds is 6. The van der Waals surface area contributed by atoms with Crippen LogP contribution in [0.1, 0.15) is 0 Å². The molecule has 3 heterocycles. The van der Waals surface area contributed by atoms with Crippen molar-refractivity contribution in [2.24, 2.45) is 0 Å². The standard InChI is InChI=1S/C27H25ClN6O/c28-21-10-12-22(13-11-21)35-19-18-32-14-16-33(17-15-32)27-29-24-9-5-4-8-23(24)26-30-25(31-34(26)27)20-6-2-1-3-7-20/h1-13H,14-19H2. The summed E-state index contributed by atoms with van der Waals surface area (Å²) < 4.78 is 7.78. The molecule has 0 atom stereocenters. The van der Waals surface area contributed by atoms with Gasteiger partial charge in [0.1, 0.15) is 12.4 Å². The lowest BCUT2D eigenvalue weighted by molar-refractivity contribution is 0.200. The van der Waals surface area contributed by atoms with E-state index in [-0.39, 0.29) is 0 Å². The SMILES string of the molecule is Clc1ccc(OCCN2CCN(c3nc4ccccc4c4nc(-c5ccccc5)nn34)CC2)cc1. The van der Waals surface area contributed by atoms with Crippen LogP contribution in [0, 0.1) is 0 Å². The summed E-state index contributed by atoms with van der Waals surface area (Å²) in [5.74, 6) is 2.39. The maximum absolute atomic E-state index is 5.95. The van der Waals surface area contributed by atoms with Gasteiger partial charge >= 0.3 is 0 Å². The van der Waals surface area contributed by atoms with Crippen molar-refractivity contribution in [2.45, 2.75) is 0 Å². The van der Waals surface area contributed by atoms with Crippen molar-refractivity contribution in [1.82, 2.24) is 24.5 Å². The number of para-hydroxylation sites is 1. The Morgan fingerprint density at radius 2 is 1.54 bits per heavy atom. The lowest BCUT2D eigenvalue weighted by atomic mass is 10.2. The predicted molar refractivity (Wildman–Crippen MR) is 139 cm³/mol. The van der Waals surface area contributed by atoms with Gasteiger partial charge < -0.3 is 9.64 Å². The molecule has 0 N–H and O–H groups in total. The monoisotopic (exact) mass is 484 g/mol. The zero-order valence-corrected chi connectivity index (χ0v) is 20.0. The number of ether oxygens (including phenoxy) is 1. The summed E-state index contributed by atoms with van der Waals surface area (Å²) in [5, 5.41) is 6.59. The minimum atomic E-state index is 0.642. The molecule has 35 heavy (non-hydrogen) atoms. The Morgan fingerprint density at radius 1 is 0.800 bits per heavy atom. The van der Waals surface area contributed by atoms with Crippen molar-refractivity contribution in [2.75, 3.05) is 44.2 Å². The van der Waals surface area contributed by atoms with Crippen LogP contribution in [-0.2, 0) is 0 Å². The average Bonchev–Trinajstić information content (AvgIpc) is 3.36. The molecule has 1 saturated heterocycles. The van der Waals surface area contributed by atoms with Gasteiger partial charge in [0.25, 0.3) is 0 Å². The topological polar surface area (TPSA) is 58.8 Å². The maximum atomic E-state index is 5.95. The Morgan fingerprint density at radius 3 is 2.34 bits per heavy atom. The molecule has 0 bridgehead atoms. The van der Waals surface area contributed by atoms with Gasteiger partial charge in [-0.25, -0.2) is 9.97 Å². The number of aromatic nitrogens is 4. The Balaban J connectivity index is 1.21. The van der Waals surface area contributed by atoms with E-state index in [1.165, 1.54) is 0 Å². The van der Waals surface area contributed by atoms with Crippen molar-refractivity contribution < 1.29 is 4.74 Å². The number of hydrogen-bond donors (Lipinski definition) is 0. The van der Waals surface area contributed by atoms with Crippen LogP contribution in [0.4, 0.5) is 5.95 Å². The van der Waals surface area contributed by atoms with Gasteiger partial charge in [0.2, 0.25) is 5.95 Å². The molecule has 6 rings (SSSR count). The van der Waals surface area contributed by atoms with Crippen LogP contribution >= 0.6 is 11.6 Å². The van der Waals surface area contributed by atoms with E-state index in [0.29, 0.717) is 17.5 Å². The van der Waals surface area contributed by atoms with Gasteiger partial charge in [-0.05, 0) is 36.4 Å². The number of benzene rings is 3. The van der Waals surface area contributed by atoms with Crippen LogP contribution in [0.25, 0.3) is 27.9 Å². The molecule has 1 fully saturated rings. The molecule has 5 aromatic rings. The molecular formula is C27H25ClN6O. The molecule has 7 nitrogen and oxygen atoms in total. The van der Waals surface area contributed by atoms with Gasteiger partial charge in [0.05, 0.1) is 5.52 Å². The zero-order valence-electron chi connectivity index (χ0n) is 19.2. The van der Waals surface area contributed by atoms with E-state index in [1.807, 2.05) is 77.3 Å². The van der Waals surface area contributed by atoms with Gasteiger partial charge in [-0.1, -0.05) is 54.1 Å². The predicted octanol–water partition coefficient (Wildman–Crippen LogP) is 4.80. The van der Waals surface area contributed by atoms with Crippen LogP contribution in [-0.4, -0.2) is 63.8 Å². The summed E-state index contributed by atoms with van der Waals surface area (Å²) in [6, 6.07) is 25.7. The number of fused-ring (bicyclic) bond motifs is 3. The van der Waals surface area contributed by atoms with E-state index < -0.39 is 0 Å². The van der Waals surface area contributed by atoms with Gasteiger partial charge in [0, 0.05) is 48.7 Å². The van der Waals surface area contributed by atoms with Crippen molar-refractivity contribution in [3.05, 3.63) is 83.9 Å². The molecule has 0 saturated carbocycles. The van der Waals surface area contributed by atoms with E-state index in [0.717, 1.165) is 66.5 Å². The highest BCUT2D eigenvalue weighted by molar-refractivity contribution is 6.30. The largest absolute Gasteiger partial charge is 0.492 e. The molecule has 0 unspecified atom stereocenters. The highest BCUT2D eigenvalue weighted by Gasteiger charge is 2.23. The lowest BCUT2D eigenvalue weighted by Crippen LogP contribution is -2.48. The molecule has 0 spiro atoms. The number of nitrogens with zero attached hydrogens (tertiary/aromatic N) is 6. The summed E-state index contributed by atoms with van der Waals surface area (Å²) in [5.41, 5.74) is 2.76. The van der Waals surface area contributed by atoms with Gasteiger partial charge in [0.15, 0.2) is 11.5 Å². The quantitative estimate of drug-likeness (QED) is 0.345. The second-order valence-corrected chi connectivity index (χ2v) is 9.03. The third kappa shape index (κ3) is 4.52. The molecule has 0 amide bonds. The summed E-state index contributed by atoms with van der Waals surface area (Å²) in [6.45, 7) is 5.10. The van der Waals surface area contributed by atoms with Crippen molar-refractivity contribution in [3.8, 4) is 17.1 Å². The fourth-order valence-electron chi connectivity index (χ4n) is 4.45. The number of anilines is 1. The average molecular weight is 485 g/mol. The van der Waals surface area contributed by atoms with E-state index in [4.69, 9.17) is 31.4 Å². The maximum Gasteiger partial charge on any atom is 0.229 e. The van der Waals surface area contributed by atoms with Crippen molar-refractivity contribution >= 4 is 34.1 Å². The lowest BCUT2D eigenvalue weighted by Gasteiger charge is -2.35. The summed E-state index contributed by atoms with van der Waals surface area (Å²) in [6.07, 6.45) is 0. The molecule has 3 aromatic carbocycles. The van der Waals surface area contributed by atoms with Crippen molar-refractivity contribution in [1.29, 1.82) is 0 Å². The Bertz CT molecular complexity index is 1450. The fraction of sp³-hybridized carbons (Fsp3) is 0.222. The highest BCUT2D eigenvalue weighted by Crippen LogP contribution is 2.26. The second kappa shape index (κ2) is 9.52. The first kappa shape index (κ1) is 21.8. The van der Waals surface area contributed by atoms with E-state index in [9.17, 15) is 0 Å². The molecule has 0 radical (unpaired) electrons. The van der Waals surface area contributed by atoms with Gasteiger partial charge in [-0.15, -0.1) is 5.10 Å². The third-order valence-corrected chi connectivity index (χ3v) is 6.59. The number of piperazine rings is 1. The summed E-state index contributed by atoms with van der Waals surface area (Å²) in [4.78, 5) is 14.6. The highest BCUT2D eigenvalue weighted by atomic mass is 35.5. The summed E-state index contributed by atoms with van der Waals surface area (Å²) in [7, 11) is 0. The molecule has 2 aromatic heterocycles. The zero-order chi connectivity index (χ0) is 23.6. The Kier molecular flexibility index (Phi) is 5.94. The Labute approximate surface area is 208 Å². The van der Waals surface area contributed by atoms with Crippen LogP contribution in [0.15, 0.2) is 78.9 Å². The van der Waals surface area contributed by atoms with Crippen LogP contribution in [0.3, 0.4) is 0 Å². The van der Waals surface area contributed by atoms with E-state index >= 15 is 0 Å². The molecule has 1 aliphatic rings. The first-order valence-corrected chi connectivity index (χ1v) is 12.2. The molecule has 0 aliphatic carbocycles. The van der Waals surface area contributed by atoms with Gasteiger partial charge in [-0.2, -0.15) is 4.52 Å². The van der Waals surface area contributed by atoms with Crippen LogP contribution in [0.2, 0.25) is 5.02 Å². The van der Waals surface area contributed by atoms with Gasteiger partial charge in [-0.3, -0.25) is 4.90 Å². The fourth-order valence-corrected chi connectivity index (χ4v) is 4.58. The minimum absolute atomic E-state index is 0.642. The van der Waals surface area contributed by atoms with Crippen molar-refractivity contribution in [3.63, 3.8) is 0 Å². The third-order valence-electron chi connectivity index (χ3n) is 6.34. The number of hydrogen-bond acceptors (Lipinski definition) is 6. The first-order valence-electron chi connectivity index (χ1n) is 11.8. The first-order chi connectivity index (χ1) is 17.2. The smallest absolute Gasteiger partial charge is 0.229 e. The molecule has 1 aliphatic heterocycles. The van der Waals surface area contributed by atoms with E-state index in [1.54, 1.807) is 0 Å². The molecular weight excluding hydrogens is 460 g/mol.